The Morgan fingerprint density at radius 2 is 2.20 bits per heavy atom. The van der Waals surface area contributed by atoms with Crippen molar-refractivity contribution in [2.75, 3.05) is 0 Å². The van der Waals surface area contributed by atoms with Gasteiger partial charge in [0.05, 0.1) is 10.7 Å². The van der Waals surface area contributed by atoms with Gasteiger partial charge in [-0.25, -0.2) is 9.97 Å². The van der Waals surface area contributed by atoms with Crippen LogP contribution in [0.25, 0.3) is 11.0 Å². The average molecular weight is 372 g/mol. The lowest BCUT2D eigenvalue weighted by atomic mass is 10.1. The minimum Gasteiger partial charge on any atom is -0.346 e. The van der Waals surface area contributed by atoms with Gasteiger partial charge < -0.3 is 4.98 Å². The van der Waals surface area contributed by atoms with Crippen molar-refractivity contribution in [3.63, 3.8) is 0 Å². The van der Waals surface area contributed by atoms with Crippen LogP contribution in [-0.4, -0.2) is 24.7 Å². The van der Waals surface area contributed by atoms with Crippen molar-refractivity contribution in [3.05, 3.63) is 62.6 Å². The number of pyridine rings is 1. The fourth-order valence-corrected chi connectivity index (χ4v) is 4.38. The zero-order valence-corrected chi connectivity index (χ0v) is 15.7. The number of hydrogen-bond donors (Lipinski definition) is 1. The van der Waals surface area contributed by atoms with Gasteiger partial charge in [-0.1, -0.05) is 11.6 Å². The van der Waals surface area contributed by atoms with Crippen LogP contribution in [0.2, 0.25) is 5.15 Å². The third-order valence-electron chi connectivity index (χ3n) is 4.28. The van der Waals surface area contributed by atoms with Crippen LogP contribution >= 0.6 is 22.9 Å². The predicted octanol–water partition coefficient (Wildman–Crippen LogP) is 4.09. The molecule has 0 aromatic carbocycles. The molecule has 0 fully saturated rings. The molecule has 1 N–H and O–H groups in total. The van der Waals surface area contributed by atoms with E-state index < -0.39 is 0 Å². The lowest BCUT2D eigenvalue weighted by molar-refractivity contribution is 0.697. The van der Waals surface area contributed by atoms with Crippen LogP contribution in [0.15, 0.2) is 30.6 Å². The number of hydrogen-bond acceptors (Lipinski definition) is 4. The molecule has 0 amide bonds. The molecule has 4 rings (SSSR count). The summed E-state index contributed by atoms with van der Waals surface area (Å²) in [5.41, 5.74) is 4.36. The molecule has 0 unspecified atom stereocenters. The molecule has 0 radical (unpaired) electrons. The number of thiazole rings is 1. The van der Waals surface area contributed by atoms with Crippen LogP contribution in [0.5, 0.6) is 0 Å². The average Bonchev–Trinajstić information content (AvgIpc) is 3.25. The van der Waals surface area contributed by atoms with Gasteiger partial charge in [0, 0.05) is 48.2 Å². The fraction of sp³-hybridized carbons (Fsp3) is 0.278. The van der Waals surface area contributed by atoms with Crippen molar-refractivity contribution < 1.29 is 0 Å². The molecule has 0 atom stereocenters. The first-order valence-corrected chi connectivity index (χ1v) is 9.34. The smallest absolute Gasteiger partial charge is 0.143 e. The Morgan fingerprint density at radius 3 is 3.00 bits per heavy atom. The molecular weight excluding hydrogens is 354 g/mol. The molecule has 0 aliphatic rings. The molecule has 4 heterocycles. The highest BCUT2D eigenvalue weighted by molar-refractivity contribution is 7.12. The van der Waals surface area contributed by atoms with E-state index in [4.69, 9.17) is 11.6 Å². The van der Waals surface area contributed by atoms with Crippen molar-refractivity contribution in [1.29, 1.82) is 0 Å². The van der Waals surface area contributed by atoms with Crippen LogP contribution in [-0.2, 0) is 26.3 Å². The second-order valence-electron chi connectivity index (χ2n) is 6.11. The summed E-state index contributed by atoms with van der Waals surface area (Å²) in [4.78, 5) is 13.2. The standard InChI is InChI=1S/C18H18ClN5S/c1-11-8-13(24(2)23-11)5-6-16-22-17(19)15(25-16)9-12-10-21-18-14(12)4-3-7-20-18/h3-4,7-8,10H,5-6,9H2,1-2H3,(H,20,21). The largest absolute Gasteiger partial charge is 0.346 e. The number of halogens is 1. The van der Waals surface area contributed by atoms with E-state index in [0.29, 0.717) is 5.15 Å². The first kappa shape index (κ1) is 16.3. The Hall–Kier alpha value is -2.18. The maximum absolute atomic E-state index is 6.39. The van der Waals surface area contributed by atoms with E-state index in [2.05, 4.69) is 32.2 Å². The molecule has 25 heavy (non-hydrogen) atoms. The zero-order valence-electron chi connectivity index (χ0n) is 14.1. The second kappa shape index (κ2) is 6.61. The first-order chi connectivity index (χ1) is 12.1. The third-order valence-corrected chi connectivity index (χ3v) is 5.82. The molecule has 0 saturated heterocycles. The summed E-state index contributed by atoms with van der Waals surface area (Å²) < 4.78 is 1.93. The van der Waals surface area contributed by atoms with Crippen molar-refractivity contribution >= 4 is 34.0 Å². The van der Waals surface area contributed by atoms with Gasteiger partial charge in [-0.2, -0.15) is 5.10 Å². The molecule has 0 saturated carbocycles. The molecule has 0 spiro atoms. The van der Waals surface area contributed by atoms with E-state index in [9.17, 15) is 0 Å². The van der Waals surface area contributed by atoms with Gasteiger partial charge in [-0.05, 0) is 37.1 Å². The summed E-state index contributed by atoms with van der Waals surface area (Å²) in [5, 5.41) is 7.20. The normalized spacial score (nSPS) is 11.5. The van der Waals surface area contributed by atoms with Gasteiger partial charge in [0.25, 0.3) is 0 Å². The molecule has 7 heteroatoms. The van der Waals surface area contributed by atoms with E-state index in [1.165, 1.54) is 11.3 Å². The van der Waals surface area contributed by atoms with Crippen molar-refractivity contribution in [2.45, 2.75) is 26.2 Å². The zero-order chi connectivity index (χ0) is 17.4. The molecule has 128 valence electrons. The Balaban J connectivity index is 1.51. The predicted molar refractivity (Wildman–Crippen MR) is 101 cm³/mol. The number of nitrogens with zero attached hydrogens (tertiary/aromatic N) is 4. The number of aromatic amines is 1. The number of aromatic nitrogens is 5. The topological polar surface area (TPSA) is 59.4 Å². The molecule has 0 aliphatic carbocycles. The van der Waals surface area contributed by atoms with E-state index in [0.717, 1.165) is 45.9 Å². The van der Waals surface area contributed by atoms with Gasteiger partial charge >= 0.3 is 0 Å². The fourth-order valence-electron chi connectivity index (χ4n) is 3.06. The van der Waals surface area contributed by atoms with Crippen LogP contribution in [0.4, 0.5) is 0 Å². The lowest BCUT2D eigenvalue weighted by Gasteiger charge is -1.99. The molecule has 5 nitrogen and oxygen atoms in total. The van der Waals surface area contributed by atoms with Crippen molar-refractivity contribution in [2.24, 2.45) is 7.05 Å². The Morgan fingerprint density at radius 1 is 1.32 bits per heavy atom. The lowest BCUT2D eigenvalue weighted by Crippen LogP contribution is -2.00. The Bertz CT molecular complexity index is 1030. The summed E-state index contributed by atoms with van der Waals surface area (Å²) in [6, 6.07) is 6.15. The minimum atomic E-state index is 0.611. The van der Waals surface area contributed by atoms with Gasteiger partial charge in [0.2, 0.25) is 0 Å². The SMILES string of the molecule is Cc1cc(CCc2nc(Cl)c(Cc3c[nH]c4ncccc34)s2)n(C)n1. The van der Waals surface area contributed by atoms with E-state index >= 15 is 0 Å². The third kappa shape index (κ3) is 3.32. The highest BCUT2D eigenvalue weighted by Gasteiger charge is 2.13. The summed E-state index contributed by atoms with van der Waals surface area (Å²) in [6.07, 6.45) is 6.36. The highest BCUT2D eigenvalue weighted by Crippen LogP contribution is 2.29. The van der Waals surface area contributed by atoms with Crippen molar-refractivity contribution in [1.82, 2.24) is 24.7 Å². The summed E-state index contributed by atoms with van der Waals surface area (Å²) in [5.74, 6) is 0. The van der Waals surface area contributed by atoms with E-state index in [1.54, 1.807) is 17.5 Å². The first-order valence-electron chi connectivity index (χ1n) is 8.14. The van der Waals surface area contributed by atoms with Gasteiger partial charge in [-0.15, -0.1) is 11.3 Å². The second-order valence-corrected chi connectivity index (χ2v) is 7.64. The molecular formula is C18H18ClN5S. The van der Waals surface area contributed by atoms with Crippen molar-refractivity contribution in [3.8, 4) is 0 Å². The molecule has 0 bridgehead atoms. The summed E-state index contributed by atoms with van der Waals surface area (Å²) >= 11 is 8.08. The number of nitrogens with one attached hydrogen (secondary N) is 1. The van der Waals surface area contributed by atoms with Gasteiger partial charge in [-0.3, -0.25) is 4.68 Å². The maximum atomic E-state index is 6.39. The highest BCUT2D eigenvalue weighted by atomic mass is 35.5. The van der Waals surface area contributed by atoms with Crippen LogP contribution in [0.1, 0.15) is 26.8 Å². The van der Waals surface area contributed by atoms with Crippen LogP contribution in [0.3, 0.4) is 0 Å². The minimum absolute atomic E-state index is 0.611. The molecule has 0 aliphatic heterocycles. The van der Waals surface area contributed by atoms with Gasteiger partial charge in [0.1, 0.15) is 10.8 Å². The summed E-state index contributed by atoms with van der Waals surface area (Å²) in [7, 11) is 1.98. The number of fused-ring (bicyclic) bond motifs is 1. The molecule has 4 aromatic rings. The molecule has 4 aromatic heterocycles. The quantitative estimate of drug-likeness (QED) is 0.574. The Labute approximate surface area is 154 Å². The van der Waals surface area contributed by atoms with Gasteiger partial charge in [0.15, 0.2) is 0 Å². The number of H-pyrrole nitrogens is 1. The van der Waals surface area contributed by atoms with E-state index in [1.807, 2.05) is 30.9 Å². The van der Waals surface area contributed by atoms with E-state index in [-0.39, 0.29) is 0 Å². The van der Waals surface area contributed by atoms with Crippen LogP contribution < -0.4 is 0 Å². The monoisotopic (exact) mass is 371 g/mol. The number of aryl methyl sites for hydroxylation is 4. The summed E-state index contributed by atoms with van der Waals surface area (Å²) in [6.45, 7) is 2.01. The van der Waals surface area contributed by atoms with Crippen LogP contribution in [0, 0.1) is 6.92 Å². The Kier molecular flexibility index (Phi) is 4.31. The number of rotatable bonds is 5. The maximum Gasteiger partial charge on any atom is 0.143 e.